The van der Waals surface area contributed by atoms with Gasteiger partial charge in [-0.25, -0.2) is 13.2 Å². The zero-order valence-electron chi connectivity index (χ0n) is 15.7. The number of methoxy groups -OCH3 is 1. The number of carbonyl (C=O) groups is 1. The van der Waals surface area contributed by atoms with Gasteiger partial charge in [0.05, 0.1) is 22.8 Å². The van der Waals surface area contributed by atoms with Crippen molar-refractivity contribution in [3.05, 3.63) is 23.8 Å². The van der Waals surface area contributed by atoms with Crippen molar-refractivity contribution < 1.29 is 22.7 Å². The van der Waals surface area contributed by atoms with Crippen molar-refractivity contribution in [3.8, 4) is 0 Å². The largest absolute Gasteiger partial charge is 0.460 e. The van der Waals surface area contributed by atoms with E-state index in [4.69, 9.17) is 9.47 Å². The SMILES string of the molecule is CCN(CC)S(=O)(=O)c1ccc(N2CCCC2)c(C(=O)OCCOC)c1. The molecule has 0 unspecified atom stereocenters. The van der Waals surface area contributed by atoms with Crippen LogP contribution >= 0.6 is 0 Å². The monoisotopic (exact) mass is 384 g/mol. The first kappa shape index (κ1) is 20.7. The van der Waals surface area contributed by atoms with Crippen molar-refractivity contribution >= 4 is 21.7 Å². The van der Waals surface area contributed by atoms with Crippen molar-refractivity contribution in [3.63, 3.8) is 0 Å². The van der Waals surface area contributed by atoms with Gasteiger partial charge >= 0.3 is 5.97 Å². The highest BCUT2D eigenvalue weighted by Gasteiger charge is 2.26. The van der Waals surface area contributed by atoms with Gasteiger partial charge in [-0.1, -0.05) is 13.8 Å². The summed E-state index contributed by atoms with van der Waals surface area (Å²) in [5, 5.41) is 0. The van der Waals surface area contributed by atoms with E-state index in [0.29, 0.717) is 19.7 Å². The van der Waals surface area contributed by atoms with Crippen molar-refractivity contribution in [2.45, 2.75) is 31.6 Å². The predicted octanol–water partition coefficient (Wildman–Crippen LogP) is 2.12. The van der Waals surface area contributed by atoms with Crippen LogP contribution in [0.1, 0.15) is 37.0 Å². The molecule has 1 aromatic rings. The fourth-order valence-electron chi connectivity index (χ4n) is 3.08. The average Bonchev–Trinajstić information content (AvgIpc) is 3.16. The topological polar surface area (TPSA) is 76.2 Å². The predicted molar refractivity (Wildman–Crippen MR) is 100 cm³/mol. The maximum Gasteiger partial charge on any atom is 0.340 e. The van der Waals surface area contributed by atoms with Gasteiger partial charge < -0.3 is 14.4 Å². The minimum atomic E-state index is -3.64. The molecule has 1 aliphatic rings. The number of esters is 1. The van der Waals surface area contributed by atoms with E-state index in [1.165, 1.54) is 17.5 Å². The molecule has 0 saturated carbocycles. The molecule has 0 N–H and O–H groups in total. The van der Waals surface area contributed by atoms with E-state index in [9.17, 15) is 13.2 Å². The Hall–Kier alpha value is -1.64. The maximum absolute atomic E-state index is 12.8. The van der Waals surface area contributed by atoms with Gasteiger partial charge in [0.1, 0.15) is 6.61 Å². The van der Waals surface area contributed by atoms with E-state index in [1.807, 2.05) is 0 Å². The molecule has 0 amide bonds. The van der Waals surface area contributed by atoms with E-state index >= 15 is 0 Å². The number of nitrogens with zero attached hydrogens (tertiary/aromatic N) is 2. The maximum atomic E-state index is 12.8. The fourth-order valence-corrected chi connectivity index (χ4v) is 4.57. The molecule has 1 aliphatic heterocycles. The highest BCUT2D eigenvalue weighted by Crippen LogP contribution is 2.29. The van der Waals surface area contributed by atoms with E-state index < -0.39 is 16.0 Å². The third-order valence-electron chi connectivity index (χ3n) is 4.50. The van der Waals surface area contributed by atoms with Gasteiger partial charge in [0.25, 0.3) is 0 Å². The Morgan fingerprint density at radius 1 is 1.15 bits per heavy atom. The summed E-state index contributed by atoms with van der Waals surface area (Å²) in [7, 11) is -2.11. The normalized spacial score (nSPS) is 14.8. The Morgan fingerprint density at radius 3 is 2.38 bits per heavy atom. The van der Waals surface area contributed by atoms with Gasteiger partial charge in [-0.05, 0) is 31.0 Å². The Bertz CT molecular complexity index is 710. The lowest BCUT2D eigenvalue weighted by Crippen LogP contribution is -2.31. The Balaban J connectivity index is 2.41. The molecule has 0 aromatic heterocycles. The fraction of sp³-hybridized carbons (Fsp3) is 0.611. The Kier molecular flexibility index (Phi) is 7.43. The van der Waals surface area contributed by atoms with Crippen LogP contribution in [0.2, 0.25) is 0 Å². The van der Waals surface area contributed by atoms with E-state index in [-0.39, 0.29) is 17.1 Å². The molecule has 8 heteroatoms. The third kappa shape index (κ3) is 4.55. The number of anilines is 1. The molecular formula is C18H28N2O5S. The molecule has 1 saturated heterocycles. The van der Waals surface area contributed by atoms with Gasteiger partial charge in [-0.2, -0.15) is 4.31 Å². The first-order valence-corrected chi connectivity index (χ1v) is 10.4. The average molecular weight is 384 g/mol. The van der Waals surface area contributed by atoms with Crippen LogP contribution in [0.3, 0.4) is 0 Å². The quantitative estimate of drug-likeness (QED) is 0.479. The standard InChI is InChI=1S/C18H28N2O5S/c1-4-20(5-2)26(22,23)15-8-9-17(19-10-6-7-11-19)16(14-15)18(21)25-13-12-24-3/h8-9,14H,4-7,10-13H2,1-3H3. The zero-order chi connectivity index (χ0) is 19.2. The molecule has 0 atom stereocenters. The van der Waals surface area contributed by atoms with Crippen LogP contribution in [0.4, 0.5) is 5.69 Å². The zero-order valence-corrected chi connectivity index (χ0v) is 16.5. The second-order valence-corrected chi connectivity index (χ2v) is 8.03. The van der Waals surface area contributed by atoms with Crippen LogP contribution in [-0.2, 0) is 19.5 Å². The molecule has 0 radical (unpaired) electrons. The molecule has 0 aliphatic carbocycles. The third-order valence-corrected chi connectivity index (χ3v) is 6.54. The number of hydrogen-bond acceptors (Lipinski definition) is 6. The number of rotatable bonds is 9. The molecule has 2 rings (SSSR count). The summed E-state index contributed by atoms with van der Waals surface area (Å²) in [4.78, 5) is 14.8. The van der Waals surface area contributed by atoms with Crippen LogP contribution in [-0.4, -0.2) is 65.2 Å². The van der Waals surface area contributed by atoms with Crippen molar-refractivity contribution in [2.75, 3.05) is 51.4 Å². The number of carbonyl (C=O) groups excluding carboxylic acids is 1. The van der Waals surface area contributed by atoms with E-state index in [1.54, 1.807) is 26.0 Å². The highest BCUT2D eigenvalue weighted by atomic mass is 32.2. The first-order valence-electron chi connectivity index (χ1n) is 9.00. The van der Waals surface area contributed by atoms with E-state index in [0.717, 1.165) is 31.6 Å². The summed E-state index contributed by atoms with van der Waals surface area (Å²) < 4.78 is 37.1. The summed E-state index contributed by atoms with van der Waals surface area (Å²) >= 11 is 0. The number of hydrogen-bond donors (Lipinski definition) is 0. The van der Waals surface area contributed by atoms with Crippen molar-refractivity contribution in [2.24, 2.45) is 0 Å². The molecule has 1 heterocycles. The van der Waals surface area contributed by atoms with Gasteiger partial charge in [0.15, 0.2) is 0 Å². The minimum Gasteiger partial charge on any atom is -0.460 e. The lowest BCUT2D eigenvalue weighted by Gasteiger charge is -2.23. The Morgan fingerprint density at radius 2 is 1.81 bits per heavy atom. The van der Waals surface area contributed by atoms with Gasteiger partial charge in [-0.15, -0.1) is 0 Å². The summed E-state index contributed by atoms with van der Waals surface area (Å²) in [6.07, 6.45) is 2.11. The second kappa shape index (κ2) is 9.34. The Labute approximate surface area is 155 Å². The number of benzene rings is 1. The number of ether oxygens (including phenoxy) is 2. The highest BCUT2D eigenvalue weighted by molar-refractivity contribution is 7.89. The summed E-state index contributed by atoms with van der Waals surface area (Å²) in [5.74, 6) is -0.527. The van der Waals surface area contributed by atoms with E-state index in [2.05, 4.69) is 4.90 Å². The summed E-state index contributed by atoms with van der Waals surface area (Å²) in [5.41, 5.74) is 1.01. The van der Waals surface area contributed by atoms with Crippen LogP contribution < -0.4 is 4.90 Å². The molecule has 0 spiro atoms. The molecule has 0 bridgehead atoms. The second-order valence-electron chi connectivity index (χ2n) is 6.09. The van der Waals surface area contributed by atoms with Gasteiger partial charge in [0, 0.05) is 33.3 Å². The molecular weight excluding hydrogens is 356 g/mol. The van der Waals surface area contributed by atoms with Crippen LogP contribution in [0.25, 0.3) is 0 Å². The molecule has 1 fully saturated rings. The molecule has 26 heavy (non-hydrogen) atoms. The number of sulfonamides is 1. The van der Waals surface area contributed by atoms with Crippen LogP contribution in [0.5, 0.6) is 0 Å². The smallest absolute Gasteiger partial charge is 0.340 e. The molecule has 1 aromatic carbocycles. The summed E-state index contributed by atoms with van der Waals surface area (Å²) in [6.45, 7) is 6.45. The lowest BCUT2D eigenvalue weighted by atomic mass is 10.1. The summed E-state index contributed by atoms with van der Waals surface area (Å²) in [6, 6.07) is 4.73. The van der Waals surface area contributed by atoms with Crippen molar-refractivity contribution in [1.82, 2.24) is 4.31 Å². The van der Waals surface area contributed by atoms with Crippen LogP contribution in [0.15, 0.2) is 23.1 Å². The minimum absolute atomic E-state index is 0.114. The molecule has 7 nitrogen and oxygen atoms in total. The van der Waals surface area contributed by atoms with Gasteiger partial charge in [-0.3, -0.25) is 0 Å². The molecule has 146 valence electrons. The van der Waals surface area contributed by atoms with Crippen molar-refractivity contribution in [1.29, 1.82) is 0 Å². The van der Waals surface area contributed by atoms with Crippen LogP contribution in [0, 0.1) is 0 Å². The first-order chi connectivity index (χ1) is 12.5. The van der Waals surface area contributed by atoms with Gasteiger partial charge in [0.2, 0.25) is 10.0 Å². The lowest BCUT2D eigenvalue weighted by molar-refractivity contribution is 0.0388.